The van der Waals surface area contributed by atoms with Gasteiger partial charge < -0.3 is 8.85 Å². The van der Waals surface area contributed by atoms with Gasteiger partial charge in [-0.2, -0.15) is 0 Å². The molecule has 0 bridgehead atoms. The van der Waals surface area contributed by atoms with Crippen molar-refractivity contribution in [3.8, 4) is 0 Å². The molecule has 4 heteroatoms. The standard InChI is InChI=1S/C27H44O2Si2/c1-23(2)19-27(20-24(3)4,21-28-30(5,6)25-15-11-9-12-16-25)22-29-31(7,8)26-17-13-10-14-18-26/h9-18,23-24H,19-22H2,1-8H3. The molecule has 172 valence electrons. The van der Waals surface area contributed by atoms with E-state index in [1.54, 1.807) is 0 Å². The third-order valence-corrected chi connectivity index (χ3v) is 11.3. The zero-order chi connectivity index (χ0) is 23.1. The minimum Gasteiger partial charge on any atom is -0.412 e. The van der Waals surface area contributed by atoms with E-state index >= 15 is 0 Å². The summed E-state index contributed by atoms with van der Waals surface area (Å²) in [7, 11) is -3.95. The zero-order valence-electron chi connectivity index (χ0n) is 21.1. The zero-order valence-corrected chi connectivity index (χ0v) is 23.1. The van der Waals surface area contributed by atoms with Gasteiger partial charge in [0.25, 0.3) is 0 Å². The van der Waals surface area contributed by atoms with Gasteiger partial charge in [0.05, 0.1) is 0 Å². The van der Waals surface area contributed by atoms with E-state index in [0.717, 1.165) is 26.1 Å². The molecule has 2 aromatic carbocycles. The Hall–Kier alpha value is -1.21. The second-order valence-electron chi connectivity index (χ2n) is 11.0. The van der Waals surface area contributed by atoms with Crippen LogP contribution in [0.1, 0.15) is 40.5 Å². The first-order chi connectivity index (χ1) is 14.5. The number of hydrogen-bond donors (Lipinski definition) is 0. The topological polar surface area (TPSA) is 18.5 Å². The highest BCUT2D eigenvalue weighted by molar-refractivity contribution is 6.84. The highest BCUT2D eigenvalue weighted by Crippen LogP contribution is 2.36. The molecule has 0 aliphatic heterocycles. The van der Waals surface area contributed by atoms with Crippen LogP contribution in [-0.2, 0) is 8.85 Å². The van der Waals surface area contributed by atoms with Gasteiger partial charge in [-0.25, -0.2) is 0 Å². The lowest BCUT2D eigenvalue weighted by Crippen LogP contribution is -2.51. The summed E-state index contributed by atoms with van der Waals surface area (Å²) >= 11 is 0. The molecule has 0 saturated heterocycles. The Kier molecular flexibility index (Phi) is 9.32. The molecule has 2 aromatic rings. The van der Waals surface area contributed by atoms with Gasteiger partial charge in [0.15, 0.2) is 0 Å². The molecule has 0 radical (unpaired) electrons. The molecule has 0 amide bonds. The highest BCUT2D eigenvalue weighted by atomic mass is 28.4. The molecule has 2 rings (SSSR count). The molecule has 0 fully saturated rings. The molecular formula is C27H44O2Si2. The third kappa shape index (κ3) is 8.01. The van der Waals surface area contributed by atoms with Crippen LogP contribution in [0.4, 0.5) is 0 Å². The van der Waals surface area contributed by atoms with Gasteiger partial charge in [0.1, 0.15) is 0 Å². The van der Waals surface area contributed by atoms with Gasteiger partial charge in [-0.05, 0) is 61.2 Å². The van der Waals surface area contributed by atoms with E-state index in [0.29, 0.717) is 11.8 Å². The van der Waals surface area contributed by atoms with Crippen molar-refractivity contribution in [3.05, 3.63) is 60.7 Å². The van der Waals surface area contributed by atoms with Gasteiger partial charge >= 0.3 is 0 Å². The van der Waals surface area contributed by atoms with E-state index in [1.807, 2.05) is 0 Å². The summed E-state index contributed by atoms with van der Waals surface area (Å²) in [6.45, 7) is 20.1. The molecule has 0 spiro atoms. The Morgan fingerprint density at radius 1 is 0.613 bits per heavy atom. The van der Waals surface area contributed by atoms with Gasteiger partial charge in [-0.15, -0.1) is 0 Å². The predicted octanol–water partition coefficient (Wildman–Crippen LogP) is 6.32. The summed E-state index contributed by atoms with van der Waals surface area (Å²) in [5.74, 6) is 1.21. The van der Waals surface area contributed by atoms with E-state index < -0.39 is 16.6 Å². The summed E-state index contributed by atoms with van der Waals surface area (Å²) in [6, 6.07) is 21.6. The lowest BCUT2D eigenvalue weighted by Gasteiger charge is -2.41. The summed E-state index contributed by atoms with van der Waals surface area (Å²) in [5.41, 5.74) is 0.0421. The molecule has 0 aliphatic rings. The quantitative estimate of drug-likeness (QED) is 0.348. The third-order valence-electron chi connectivity index (χ3n) is 6.10. The van der Waals surface area contributed by atoms with Gasteiger partial charge in [-0.3, -0.25) is 0 Å². The van der Waals surface area contributed by atoms with Crippen LogP contribution in [0.3, 0.4) is 0 Å². The van der Waals surface area contributed by atoms with E-state index in [9.17, 15) is 0 Å². The normalized spacial score (nSPS) is 13.2. The van der Waals surface area contributed by atoms with Crippen molar-refractivity contribution in [2.75, 3.05) is 13.2 Å². The lowest BCUT2D eigenvalue weighted by molar-refractivity contribution is 0.0353. The number of benzene rings is 2. The maximum atomic E-state index is 6.83. The van der Waals surface area contributed by atoms with Crippen LogP contribution in [0.25, 0.3) is 0 Å². The van der Waals surface area contributed by atoms with Crippen molar-refractivity contribution in [3.63, 3.8) is 0 Å². The van der Waals surface area contributed by atoms with E-state index in [1.165, 1.54) is 10.4 Å². The summed E-state index contributed by atoms with van der Waals surface area (Å²) < 4.78 is 13.7. The van der Waals surface area contributed by atoms with Crippen LogP contribution in [0.5, 0.6) is 0 Å². The van der Waals surface area contributed by atoms with Gasteiger partial charge in [0.2, 0.25) is 16.6 Å². The van der Waals surface area contributed by atoms with Crippen molar-refractivity contribution in [1.82, 2.24) is 0 Å². The first kappa shape index (κ1) is 26.0. The minimum atomic E-state index is -1.97. The SMILES string of the molecule is CC(C)CC(CO[Si](C)(C)c1ccccc1)(CO[Si](C)(C)c1ccccc1)CC(C)C. The molecule has 31 heavy (non-hydrogen) atoms. The number of hydrogen-bond acceptors (Lipinski definition) is 2. The number of rotatable bonds is 12. The van der Waals surface area contributed by atoms with E-state index in [2.05, 4.69) is 115 Å². The van der Waals surface area contributed by atoms with E-state index in [-0.39, 0.29) is 5.41 Å². The fourth-order valence-corrected chi connectivity index (χ4v) is 8.26. The Balaban J connectivity index is 2.25. The minimum absolute atomic E-state index is 0.0421. The Morgan fingerprint density at radius 2 is 0.935 bits per heavy atom. The summed E-state index contributed by atoms with van der Waals surface area (Å²) in [5, 5.41) is 2.72. The second kappa shape index (κ2) is 11.1. The largest absolute Gasteiger partial charge is 0.412 e. The maximum absolute atomic E-state index is 6.83. The fraction of sp³-hybridized carbons (Fsp3) is 0.556. The Bertz CT molecular complexity index is 703. The maximum Gasteiger partial charge on any atom is 0.218 e. The summed E-state index contributed by atoms with van der Waals surface area (Å²) in [6.07, 6.45) is 2.26. The van der Waals surface area contributed by atoms with Crippen LogP contribution in [0.2, 0.25) is 26.2 Å². The van der Waals surface area contributed by atoms with E-state index in [4.69, 9.17) is 8.85 Å². The van der Waals surface area contributed by atoms with Crippen LogP contribution in [0, 0.1) is 17.3 Å². The van der Waals surface area contributed by atoms with Crippen LogP contribution in [0.15, 0.2) is 60.7 Å². The van der Waals surface area contributed by atoms with Gasteiger partial charge in [0, 0.05) is 18.6 Å². The average Bonchev–Trinajstić information content (AvgIpc) is 2.71. The molecule has 0 unspecified atom stereocenters. The molecule has 0 aromatic heterocycles. The predicted molar refractivity (Wildman–Crippen MR) is 140 cm³/mol. The second-order valence-corrected chi connectivity index (χ2v) is 18.8. The van der Waals surface area contributed by atoms with Crippen LogP contribution < -0.4 is 10.4 Å². The van der Waals surface area contributed by atoms with Crippen molar-refractivity contribution >= 4 is 27.0 Å². The van der Waals surface area contributed by atoms with Crippen molar-refractivity contribution in [2.45, 2.75) is 66.7 Å². The monoisotopic (exact) mass is 456 g/mol. The average molecular weight is 457 g/mol. The lowest BCUT2D eigenvalue weighted by atomic mass is 9.75. The molecule has 0 aliphatic carbocycles. The Morgan fingerprint density at radius 3 is 1.23 bits per heavy atom. The summed E-state index contributed by atoms with van der Waals surface area (Å²) in [4.78, 5) is 0. The smallest absolute Gasteiger partial charge is 0.218 e. The molecule has 0 atom stereocenters. The first-order valence-corrected chi connectivity index (χ1v) is 17.7. The van der Waals surface area contributed by atoms with Crippen LogP contribution in [-0.4, -0.2) is 29.8 Å². The van der Waals surface area contributed by atoms with Crippen molar-refractivity contribution in [1.29, 1.82) is 0 Å². The molecule has 0 heterocycles. The molecule has 0 N–H and O–H groups in total. The molecular weight excluding hydrogens is 412 g/mol. The Labute approximate surface area is 193 Å². The highest BCUT2D eigenvalue weighted by Gasteiger charge is 2.38. The van der Waals surface area contributed by atoms with Crippen molar-refractivity contribution in [2.24, 2.45) is 17.3 Å². The first-order valence-electron chi connectivity index (χ1n) is 11.8. The van der Waals surface area contributed by atoms with Gasteiger partial charge in [-0.1, -0.05) is 88.4 Å². The molecule has 2 nitrogen and oxygen atoms in total. The van der Waals surface area contributed by atoms with Crippen LogP contribution >= 0.6 is 0 Å². The molecule has 0 saturated carbocycles. The van der Waals surface area contributed by atoms with Crippen molar-refractivity contribution < 1.29 is 8.85 Å². The fourth-order valence-electron chi connectivity index (χ4n) is 4.61.